The SMILES string of the molecule is CC(=O)O.CC(=O)O.CC(=O)O.CC(=O)O.CC(=O)O.CC(O)N(CC(=O)O)C(C)O.NCCNCCN.[Fe]. The van der Waals surface area contributed by atoms with Gasteiger partial charge in [0.2, 0.25) is 0 Å². The first-order valence-corrected chi connectivity index (χ1v) is 10.4. The van der Waals surface area contributed by atoms with Gasteiger partial charge in [0.25, 0.3) is 29.8 Å². The van der Waals surface area contributed by atoms with E-state index in [-0.39, 0.29) is 23.6 Å². The number of hydrogen-bond donors (Lipinski definition) is 11. The molecule has 0 aliphatic heterocycles. The van der Waals surface area contributed by atoms with Crippen molar-refractivity contribution in [3.05, 3.63) is 0 Å². The molecule has 0 bridgehead atoms. The summed E-state index contributed by atoms with van der Waals surface area (Å²) in [5.74, 6) is -5.24. The minimum absolute atomic E-state index is 0. The van der Waals surface area contributed by atoms with E-state index in [1.165, 1.54) is 13.8 Å². The number of carboxylic acids is 6. The number of carbonyl (C=O) groups is 6. The Labute approximate surface area is 238 Å². The van der Waals surface area contributed by atoms with Crippen LogP contribution >= 0.6 is 0 Å². The van der Waals surface area contributed by atoms with Crippen LogP contribution in [0.4, 0.5) is 0 Å². The Bertz CT molecular complexity index is 507. The van der Waals surface area contributed by atoms with E-state index < -0.39 is 48.3 Å². The van der Waals surface area contributed by atoms with E-state index in [1.807, 2.05) is 0 Å². The zero-order chi connectivity index (χ0) is 32.4. The van der Waals surface area contributed by atoms with Crippen LogP contribution in [0.3, 0.4) is 0 Å². The number of rotatable bonds is 8. The third-order valence-electron chi connectivity index (χ3n) is 1.92. The van der Waals surface area contributed by atoms with E-state index >= 15 is 0 Å². The number of aliphatic carboxylic acids is 6. The number of aliphatic hydroxyl groups is 2. The molecule has 39 heavy (non-hydrogen) atoms. The van der Waals surface area contributed by atoms with Crippen LogP contribution in [0.15, 0.2) is 0 Å². The van der Waals surface area contributed by atoms with Gasteiger partial charge in [0.15, 0.2) is 0 Å². The van der Waals surface area contributed by atoms with Gasteiger partial charge >= 0.3 is 5.97 Å². The van der Waals surface area contributed by atoms with Crippen LogP contribution in [0.1, 0.15) is 48.5 Å². The van der Waals surface area contributed by atoms with Gasteiger partial charge in [0.05, 0.1) is 0 Å². The molecule has 0 aromatic rings. The number of hydrogen-bond acceptors (Lipinski definition) is 12. The molecule has 0 rings (SSSR count). The molecule has 0 fully saturated rings. The van der Waals surface area contributed by atoms with Gasteiger partial charge in [0.1, 0.15) is 19.0 Å². The summed E-state index contributed by atoms with van der Waals surface area (Å²) in [6, 6.07) is 0. The second-order valence-electron chi connectivity index (χ2n) is 6.25. The van der Waals surface area contributed by atoms with Crippen LogP contribution < -0.4 is 16.8 Å². The smallest absolute Gasteiger partial charge is 0.317 e. The fourth-order valence-corrected chi connectivity index (χ4v) is 1.06. The van der Waals surface area contributed by atoms with Crippen LogP contribution in [-0.4, -0.2) is 127 Å². The molecule has 0 saturated heterocycles. The van der Waals surface area contributed by atoms with Gasteiger partial charge in [-0.25, -0.2) is 4.90 Å². The zero-order valence-corrected chi connectivity index (χ0v) is 24.3. The molecule has 0 aliphatic carbocycles. The van der Waals surface area contributed by atoms with Gasteiger partial charge in [0, 0.05) is 77.9 Å². The predicted molar refractivity (Wildman–Crippen MR) is 135 cm³/mol. The second kappa shape index (κ2) is 45.0. The van der Waals surface area contributed by atoms with E-state index in [0.29, 0.717) is 13.1 Å². The summed E-state index contributed by atoms with van der Waals surface area (Å²) < 4.78 is 0. The predicted octanol–water partition coefficient (Wildman–Crippen LogP) is -2.00. The van der Waals surface area contributed by atoms with Crippen molar-refractivity contribution in [3.63, 3.8) is 0 Å². The quantitative estimate of drug-likeness (QED) is 0.0791. The topological polar surface area (TPSA) is 332 Å². The van der Waals surface area contributed by atoms with Crippen LogP contribution in [0, 0.1) is 0 Å². The Morgan fingerprint density at radius 3 is 0.872 bits per heavy atom. The molecule has 2 unspecified atom stereocenters. The summed E-state index contributed by atoms with van der Waals surface area (Å²) in [6.07, 6.45) is -1.91. The molecule has 13 N–H and O–H groups in total. The number of carboxylic acid groups (broad SMARTS) is 6. The van der Waals surface area contributed by atoms with Crippen molar-refractivity contribution in [1.82, 2.24) is 10.2 Å². The summed E-state index contributed by atoms with van der Waals surface area (Å²) in [6.45, 7) is 11.0. The fraction of sp³-hybridized carbons (Fsp3) is 0.700. The number of nitrogens with two attached hydrogens (primary N) is 2. The van der Waals surface area contributed by atoms with E-state index in [4.69, 9.17) is 76.3 Å². The van der Waals surface area contributed by atoms with Gasteiger partial charge in [-0.05, 0) is 13.8 Å². The van der Waals surface area contributed by atoms with Crippen molar-refractivity contribution in [3.8, 4) is 0 Å². The maximum Gasteiger partial charge on any atom is 0.317 e. The molecule has 238 valence electrons. The van der Waals surface area contributed by atoms with E-state index in [2.05, 4.69) is 5.32 Å². The van der Waals surface area contributed by atoms with Crippen LogP contribution in [-0.2, 0) is 45.8 Å². The monoisotopic (exact) mass is 622 g/mol. The first kappa shape index (κ1) is 56.3. The Hall–Kier alpha value is -2.90. The van der Waals surface area contributed by atoms with Crippen molar-refractivity contribution < 1.29 is 86.7 Å². The second-order valence-corrected chi connectivity index (χ2v) is 6.25. The minimum Gasteiger partial charge on any atom is -0.481 e. The molecule has 0 amide bonds. The molecule has 0 radical (unpaired) electrons. The summed E-state index contributed by atoms with van der Waals surface area (Å²) in [5, 5.41) is 66.3. The Kier molecular flexibility index (Phi) is 65.1. The fourth-order valence-electron chi connectivity index (χ4n) is 1.06. The average Bonchev–Trinajstić information content (AvgIpc) is 2.64. The van der Waals surface area contributed by atoms with Crippen LogP contribution in [0.5, 0.6) is 0 Å². The molecular formula is C20H46FeN4O14. The largest absolute Gasteiger partial charge is 0.481 e. The normalized spacial score (nSPS) is 9.54. The number of aliphatic hydroxyl groups excluding tert-OH is 2. The molecule has 0 heterocycles. The molecule has 0 aromatic carbocycles. The molecular weight excluding hydrogens is 576 g/mol. The van der Waals surface area contributed by atoms with Gasteiger partial charge in [-0.3, -0.25) is 28.8 Å². The Morgan fingerprint density at radius 2 is 0.795 bits per heavy atom. The molecule has 0 spiro atoms. The number of nitrogens with one attached hydrogen (secondary N) is 1. The van der Waals surface area contributed by atoms with Crippen molar-refractivity contribution in [2.24, 2.45) is 11.5 Å². The van der Waals surface area contributed by atoms with Crippen molar-refractivity contribution in [2.75, 3.05) is 32.7 Å². The minimum atomic E-state index is -1.08. The van der Waals surface area contributed by atoms with E-state index in [9.17, 15) is 4.79 Å². The van der Waals surface area contributed by atoms with E-state index in [1.54, 1.807) is 0 Å². The summed E-state index contributed by atoms with van der Waals surface area (Å²) in [5.41, 5.74) is 10.3. The Morgan fingerprint density at radius 1 is 0.615 bits per heavy atom. The molecule has 0 saturated carbocycles. The van der Waals surface area contributed by atoms with Crippen LogP contribution in [0.25, 0.3) is 0 Å². The molecule has 2 atom stereocenters. The molecule has 18 nitrogen and oxygen atoms in total. The van der Waals surface area contributed by atoms with Gasteiger partial charge < -0.3 is 57.6 Å². The van der Waals surface area contributed by atoms with Gasteiger partial charge in [-0.2, -0.15) is 0 Å². The third-order valence-corrected chi connectivity index (χ3v) is 1.92. The third kappa shape index (κ3) is 224. The van der Waals surface area contributed by atoms with Crippen molar-refractivity contribution >= 4 is 35.8 Å². The zero-order valence-electron chi connectivity index (χ0n) is 23.2. The summed E-state index contributed by atoms with van der Waals surface area (Å²) in [4.78, 5) is 56.2. The summed E-state index contributed by atoms with van der Waals surface area (Å²) >= 11 is 0. The molecule has 19 heteroatoms. The molecule has 0 aromatic heterocycles. The van der Waals surface area contributed by atoms with Crippen molar-refractivity contribution in [1.29, 1.82) is 0 Å². The first-order valence-electron chi connectivity index (χ1n) is 10.4. The summed E-state index contributed by atoms with van der Waals surface area (Å²) in [7, 11) is 0. The number of nitrogens with zero attached hydrogens (tertiary/aromatic N) is 1. The first-order chi connectivity index (χ1) is 17.0. The van der Waals surface area contributed by atoms with Gasteiger partial charge in [-0.15, -0.1) is 0 Å². The van der Waals surface area contributed by atoms with E-state index in [0.717, 1.165) is 52.6 Å². The maximum atomic E-state index is 10.2. The standard InChI is InChI=1S/C6H13NO4.C4H13N3.5C2H4O2.Fe/c1-4(8)7(5(2)9)3-6(10)11;5-1-3-7-4-2-6;5*1-2(3)4;/h4-5,8-9H,3H2,1-2H3,(H,10,11);7H,1-6H2;5*1H3,(H,3,4);. The van der Waals surface area contributed by atoms with Crippen LogP contribution in [0.2, 0.25) is 0 Å². The van der Waals surface area contributed by atoms with Crippen molar-refractivity contribution in [2.45, 2.75) is 60.9 Å². The average molecular weight is 622 g/mol. The van der Waals surface area contributed by atoms with Gasteiger partial charge in [-0.1, -0.05) is 0 Å². The maximum absolute atomic E-state index is 10.2. The molecule has 0 aliphatic rings. The Balaban J connectivity index is -0.0000000503.